The smallest absolute Gasteiger partial charge is 0.242 e. The van der Waals surface area contributed by atoms with Crippen molar-refractivity contribution in [3.63, 3.8) is 0 Å². The van der Waals surface area contributed by atoms with Gasteiger partial charge in [0, 0.05) is 21.8 Å². The molecule has 3 nitrogen and oxygen atoms in total. The van der Waals surface area contributed by atoms with Gasteiger partial charge in [0.1, 0.15) is 6.04 Å². The van der Waals surface area contributed by atoms with Gasteiger partial charge in [0.15, 0.2) is 0 Å². The second kappa shape index (κ2) is 4.02. The lowest BCUT2D eigenvalue weighted by Crippen LogP contribution is -2.30. The van der Waals surface area contributed by atoms with Crippen molar-refractivity contribution in [3.05, 3.63) is 20.8 Å². The van der Waals surface area contributed by atoms with Crippen LogP contribution in [0.15, 0.2) is 15.9 Å². The zero-order chi connectivity index (χ0) is 9.14. The molecule has 0 aliphatic rings. The normalized spacial score (nSPS) is 12.6. The van der Waals surface area contributed by atoms with Crippen molar-refractivity contribution in [2.24, 2.45) is 5.73 Å². The van der Waals surface area contributed by atoms with Gasteiger partial charge in [-0.05, 0) is 22.0 Å². The average Bonchev–Trinajstić information content (AvgIpc) is 2.49. The molecule has 1 unspecified atom stereocenters. The Morgan fingerprint density at radius 1 is 1.83 bits per heavy atom. The first-order valence-electron chi connectivity index (χ1n) is 3.36. The summed E-state index contributed by atoms with van der Waals surface area (Å²) < 4.78 is 0.960. The summed E-state index contributed by atoms with van der Waals surface area (Å²) >= 11 is 4.76. The number of hydrogen-bond acceptors (Lipinski definition) is 3. The van der Waals surface area contributed by atoms with Crippen LogP contribution >= 0.6 is 27.3 Å². The van der Waals surface area contributed by atoms with Gasteiger partial charge >= 0.3 is 0 Å². The van der Waals surface area contributed by atoms with Crippen LogP contribution in [0, 0.1) is 0 Å². The fourth-order valence-corrected chi connectivity index (χ4v) is 2.22. The molecule has 5 heteroatoms. The van der Waals surface area contributed by atoms with Gasteiger partial charge in [0.2, 0.25) is 5.91 Å². The Morgan fingerprint density at radius 2 is 2.50 bits per heavy atom. The fraction of sp³-hybridized carbons (Fsp3) is 0.286. The van der Waals surface area contributed by atoms with Crippen LogP contribution in [0.3, 0.4) is 0 Å². The molecule has 0 aliphatic heterocycles. The van der Waals surface area contributed by atoms with Crippen molar-refractivity contribution in [3.8, 4) is 0 Å². The summed E-state index contributed by atoms with van der Waals surface area (Å²) in [6.45, 7) is 0. The third-order valence-corrected chi connectivity index (χ3v) is 3.20. The van der Waals surface area contributed by atoms with Crippen LogP contribution in [-0.4, -0.2) is 13.0 Å². The molecule has 1 rings (SSSR count). The Kier molecular flexibility index (Phi) is 3.25. The minimum absolute atomic E-state index is 0.163. The molecular weight excluding hydrogens is 240 g/mol. The lowest BCUT2D eigenvalue weighted by molar-refractivity contribution is -0.121. The summed E-state index contributed by atoms with van der Waals surface area (Å²) in [5.74, 6) is -0.163. The molecule has 0 bridgehead atoms. The van der Waals surface area contributed by atoms with E-state index in [1.54, 1.807) is 7.05 Å². The van der Waals surface area contributed by atoms with Crippen LogP contribution in [0.2, 0.25) is 0 Å². The molecule has 1 aromatic heterocycles. The highest BCUT2D eigenvalue weighted by molar-refractivity contribution is 9.10. The SMILES string of the molecule is CNC(=O)C(N)c1cc(Br)cs1. The first-order valence-corrected chi connectivity index (χ1v) is 5.03. The Hall–Kier alpha value is -0.390. The molecule has 66 valence electrons. The number of nitrogens with two attached hydrogens (primary N) is 1. The molecule has 0 fully saturated rings. The van der Waals surface area contributed by atoms with E-state index in [0.717, 1.165) is 9.35 Å². The molecule has 1 atom stereocenters. The molecule has 1 amide bonds. The van der Waals surface area contributed by atoms with Crippen molar-refractivity contribution in [1.82, 2.24) is 5.32 Å². The minimum atomic E-state index is -0.550. The van der Waals surface area contributed by atoms with E-state index in [4.69, 9.17) is 5.73 Å². The van der Waals surface area contributed by atoms with E-state index in [2.05, 4.69) is 21.2 Å². The molecule has 1 aromatic rings. The predicted molar refractivity (Wildman–Crippen MR) is 53.0 cm³/mol. The maximum absolute atomic E-state index is 11.1. The van der Waals surface area contributed by atoms with E-state index >= 15 is 0 Å². The zero-order valence-corrected chi connectivity index (χ0v) is 8.91. The van der Waals surface area contributed by atoms with Crippen molar-refractivity contribution in [1.29, 1.82) is 0 Å². The van der Waals surface area contributed by atoms with Gasteiger partial charge in [-0.25, -0.2) is 0 Å². The molecule has 0 radical (unpaired) electrons. The second-order valence-corrected chi connectivity index (χ2v) is 4.12. The van der Waals surface area contributed by atoms with E-state index in [0.29, 0.717) is 0 Å². The first kappa shape index (κ1) is 9.70. The summed E-state index contributed by atoms with van der Waals surface area (Å²) in [6.07, 6.45) is 0. The van der Waals surface area contributed by atoms with Gasteiger partial charge in [-0.1, -0.05) is 0 Å². The van der Waals surface area contributed by atoms with E-state index in [1.165, 1.54) is 11.3 Å². The van der Waals surface area contributed by atoms with Gasteiger partial charge in [0.25, 0.3) is 0 Å². The summed E-state index contributed by atoms with van der Waals surface area (Å²) in [4.78, 5) is 11.9. The summed E-state index contributed by atoms with van der Waals surface area (Å²) in [7, 11) is 1.57. The number of amides is 1. The molecule has 3 N–H and O–H groups in total. The summed E-state index contributed by atoms with van der Waals surface area (Å²) in [5.41, 5.74) is 5.64. The molecule has 0 saturated heterocycles. The minimum Gasteiger partial charge on any atom is -0.357 e. The number of likely N-dealkylation sites (N-methyl/N-ethyl adjacent to an activating group) is 1. The van der Waals surface area contributed by atoms with Gasteiger partial charge in [-0.15, -0.1) is 11.3 Å². The summed E-state index contributed by atoms with van der Waals surface area (Å²) in [6, 6.07) is 1.30. The lowest BCUT2D eigenvalue weighted by atomic mass is 10.2. The van der Waals surface area contributed by atoms with E-state index in [-0.39, 0.29) is 5.91 Å². The highest BCUT2D eigenvalue weighted by atomic mass is 79.9. The van der Waals surface area contributed by atoms with Gasteiger partial charge < -0.3 is 11.1 Å². The number of halogens is 1. The Labute approximate surface area is 83.1 Å². The topological polar surface area (TPSA) is 55.1 Å². The summed E-state index contributed by atoms with van der Waals surface area (Å²) in [5, 5.41) is 4.40. The largest absolute Gasteiger partial charge is 0.357 e. The van der Waals surface area contributed by atoms with E-state index in [9.17, 15) is 4.79 Å². The number of hydrogen-bond donors (Lipinski definition) is 2. The zero-order valence-electron chi connectivity index (χ0n) is 6.50. The lowest BCUT2D eigenvalue weighted by Gasteiger charge is -2.06. The quantitative estimate of drug-likeness (QED) is 0.828. The molecule has 0 spiro atoms. The average molecular weight is 249 g/mol. The van der Waals surface area contributed by atoms with Gasteiger partial charge in [0.05, 0.1) is 0 Å². The molecular formula is C7H9BrN2OS. The standard InChI is InChI=1S/C7H9BrN2OS/c1-10-7(11)6(9)5-2-4(8)3-12-5/h2-3,6H,9H2,1H3,(H,10,11). The third kappa shape index (κ3) is 2.06. The Balaban J connectivity index is 2.77. The number of nitrogens with one attached hydrogen (secondary N) is 1. The maximum atomic E-state index is 11.1. The van der Waals surface area contributed by atoms with Gasteiger partial charge in [-0.2, -0.15) is 0 Å². The van der Waals surface area contributed by atoms with Gasteiger partial charge in [-0.3, -0.25) is 4.79 Å². The first-order chi connectivity index (χ1) is 5.65. The van der Waals surface area contributed by atoms with Crippen LogP contribution in [0.5, 0.6) is 0 Å². The van der Waals surface area contributed by atoms with Crippen LogP contribution in [0.4, 0.5) is 0 Å². The van der Waals surface area contributed by atoms with Crippen LogP contribution in [0.25, 0.3) is 0 Å². The highest BCUT2D eigenvalue weighted by Crippen LogP contribution is 2.24. The third-order valence-electron chi connectivity index (χ3n) is 1.42. The van der Waals surface area contributed by atoms with E-state index in [1.807, 2.05) is 11.4 Å². The van der Waals surface area contributed by atoms with Crippen LogP contribution in [-0.2, 0) is 4.79 Å². The molecule has 12 heavy (non-hydrogen) atoms. The van der Waals surface area contributed by atoms with Crippen molar-refractivity contribution in [2.45, 2.75) is 6.04 Å². The Bertz CT molecular complexity index is 287. The maximum Gasteiger partial charge on any atom is 0.242 e. The van der Waals surface area contributed by atoms with Crippen LogP contribution in [0.1, 0.15) is 10.9 Å². The monoisotopic (exact) mass is 248 g/mol. The molecule has 0 aliphatic carbocycles. The van der Waals surface area contributed by atoms with Crippen molar-refractivity contribution < 1.29 is 4.79 Å². The fourth-order valence-electron chi connectivity index (χ4n) is 0.776. The van der Waals surface area contributed by atoms with Crippen LogP contribution < -0.4 is 11.1 Å². The second-order valence-electron chi connectivity index (χ2n) is 2.26. The molecule has 0 aromatic carbocycles. The Morgan fingerprint density at radius 3 is 2.92 bits per heavy atom. The number of carbonyl (C=O) groups is 1. The molecule has 0 saturated carbocycles. The van der Waals surface area contributed by atoms with Crippen molar-refractivity contribution in [2.75, 3.05) is 7.05 Å². The number of thiophene rings is 1. The predicted octanol–water partition coefficient (Wildman–Crippen LogP) is 1.26. The van der Waals surface area contributed by atoms with Crippen molar-refractivity contribution >= 4 is 33.2 Å². The number of rotatable bonds is 2. The molecule has 1 heterocycles. The highest BCUT2D eigenvalue weighted by Gasteiger charge is 2.15. The van der Waals surface area contributed by atoms with E-state index < -0.39 is 6.04 Å². The number of carbonyl (C=O) groups excluding carboxylic acids is 1.